The Bertz CT molecular complexity index is 1590. The van der Waals surface area contributed by atoms with Crippen LogP contribution in [-0.2, 0) is 10.0 Å². The summed E-state index contributed by atoms with van der Waals surface area (Å²) >= 11 is 0. The van der Waals surface area contributed by atoms with Crippen LogP contribution in [0.2, 0.25) is 0 Å². The number of hydrogen-bond donors (Lipinski definition) is 1. The lowest BCUT2D eigenvalue weighted by Gasteiger charge is -2.22. The first-order chi connectivity index (χ1) is 15.9. The molecule has 0 aliphatic carbocycles. The predicted molar refractivity (Wildman–Crippen MR) is 130 cm³/mol. The molecular formula is C26H20N2O4S. The maximum atomic E-state index is 13.1. The van der Waals surface area contributed by atoms with Crippen molar-refractivity contribution in [2.24, 2.45) is 0 Å². The highest BCUT2D eigenvalue weighted by Crippen LogP contribution is 2.31. The highest BCUT2D eigenvalue weighted by Gasteiger charge is 2.25. The number of carbonyl (C=O) groups is 1. The molecule has 5 aromatic rings. The fraction of sp³-hybridized carbons (Fsp3) is 0.0385. The summed E-state index contributed by atoms with van der Waals surface area (Å²) in [5, 5.41) is 4.82. The number of furan rings is 1. The molecule has 0 aliphatic rings. The molecule has 0 fully saturated rings. The SMILES string of the molecule is CN(c1ccccc1C(=O)Nc1ccc2c(c1)oc1ccccc12)S(=O)(=O)c1ccccc1. The van der Waals surface area contributed by atoms with Crippen molar-refractivity contribution in [1.82, 2.24) is 0 Å². The van der Waals surface area contributed by atoms with E-state index in [1.807, 2.05) is 30.3 Å². The van der Waals surface area contributed by atoms with Crippen molar-refractivity contribution in [3.05, 3.63) is 103 Å². The molecule has 0 saturated carbocycles. The Morgan fingerprint density at radius 2 is 1.45 bits per heavy atom. The fourth-order valence-corrected chi connectivity index (χ4v) is 5.06. The molecule has 0 saturated heterocycles. The van der Waals surface area contributed by atoms with E-state index in [-0.39, 0.29) is 16.1 Å². The molecule has 6 nitrogen and oxygen atoms in total. The Labute approximate surface area is 191 Å². The highest BCUT2D eigenvalue weighted by atomic mass is 32.2. The average Bonchev–Trinajstić information content (AvgIpc) is 3.22. The Morgan fingerprint density at radius 3 is 2.27 bits per heavy atom. The summed E-state index contributed by atoms with van der Waals surface area (Å²) in [5.41, 5.74) is 2.50. The number of hydrogen-bond acceptors (Lipinski definition) is 4. The third-order valence-electron chi connectivity index (χ3n) is 5.53. The fourth-order valence-electron chi connectivity index (χ4n) is 3.82. The smallest absolute Gasteiger partial charge is 0.264 e. The molecule has 0 spiro atoms. The predicted octanol–water partition coefficient (Wildman–Crippen LogP) is 5.66. The van der Waals surface area contributed by atoms with Gasteiger partial charge in [-0.05, 0) is 42.5 Å². The molecule has 4 aromatic carbocycles. The lowest BCUT2D eigenvalue weighted by Crippen LogP contribution is -2.29. The summed E-state index contributed by atoms with van der Waals surface area (Å²) < 4.78 is 33.2. The van der Waals surface area contributed by atoms with Crippen LogP contribution < -0.4 is 9.62 Å². The van der Waals surface area contributed by atoms with Crippen molar-refractivity contribution >= 4 is 49.2 Å². The number of benzene rings is 4. The summed E-state index contributed by atoms with van der Waals surface area (Å²) in [5.74, 6) is -0.420. The van der Waals surface area contributed by atoms with Crippen molar-refractivity contribution < 1.29 is 17.6 Å². The van der Waals surface area contributed by atoms with Crippen LogP contribution in [0, 0.1) is 0 Å². The van der Waals surface area contributed by atoms with E-state index in [2.05, 4.69) is 5.32 Å². The zero-order valence-corrected chi connectivity index (χ0v) is 18.5. The standard InChI is InChI=1S/C26H20N2O4S/c1-28(33(30,31)19-9-3-2-4-10-19)23-13-7-5-12-22(23)26(29)27-18-15-16-21-20-11-6-8-14-24(20)32-25(21)17-18/h2-17H,1H3,(H,27,29). The number of fused-ring (bicyclic) bond motifs is 3. The molecule has 1 heterocycles. The van der Waals surface area contributed by atoms with Gasteiger partial charge in [0.1, 0.15) is 11.2 Å². The van der Waals surface area contributed by atoms with Gasteiger partial charge in [-0.25, -0.2) is 8.42 Å². The van der Waals surface area contributed by atoms with E-state index >= 15 is 0 Å². The first-order valence-electron chi connectivity index (χ1n) is 10.3. The van der Waals surface area contributed by atoms with Gasteiger partial charge in [0, 0.05) is 29.6 Å². The van der Waals surface area contributed by atoms with Crippen LogP contribution in [-0.4, -0.2) is 21.4 Å². The average molecular weight is 457 g/mol. The number of anilines is 2. The summed E-state index contributed by atoms with van der Waals surface area (Å²) in [6, 6.07) is 27.9. The molecule has 1 amide bonds. The molecule has 0 radical (unpaired) electrons. The first-order valence-corrected chi connectivity index (χ1v) is 11.7. The minimum Gasteiger partial charge on any atom is -0.456 e. The third-order valence-corrected chi connectivity index (χ3v) is 7.31. The van der Waals surface area contributed by atoms with Crippen molar-refractivity contribution in [2.75, 3.05) is 16.7 Å². The number of para-hydroxylation sites is 2. The third kappa shape index (κ3) is 3.72. The van der Waals surface area contributed by atoms with Gasteiger partial charge in [-0.15, -0.1) is 0 Å². The van der Waals surface area contributed by atoms with Gasteiger partial charge in [0.25, 0.3) is 15.9 Å². The number of nitrogens with zero attached hydrogens (tertiary/aromatic N) is 1. The molecule has 0 atom stereocenters. The molecule has 0 bridgehead atoms. The zero-order chi connectivity index (χ0) is 23.0. The van der Waals surface area contributed by atoms with Crippen molar-refractivity contribution in [2.45, 2.75) is 4.90 Å². The van der Waals surface area contributed by atoms with E-state index in [0.29, 0.717) is 11.3 Å². The second kappa shape index (κ2) is 8.11. The Morgan fingerprint density at radius 1 is 0.788 bits per heavy atom. The number of sulfonamides is 1. The minimum absolute atomic E-state index is 0.151. The van der Waals surface area contributed by atoms with Crippen LogP contribution in [0.4, 0.5) is 11.4 Å². The van der Waals surface area contributed by atoms with Crippen LogP contribution in [0.15, 0.2) is 106 Å². The molecular weight excluding hydrogens is 436 g/mol. The molecule has 33 heavy (non-hydrogen) atoms. The Hall–Kier alpha value is -4.10. The van der Waals surface area contributed by atoms with Crippen molar-refractivity contribution in [3.8, 4) is 0 Å². The van der Waals surface area contributed by atoms with Crippen LogP contribution in [0.1, 0.15) is 10.4 Å². The van der Waals surface area contributed by atoms with Crippen molar-refractivity contribution in [1.29, 1.82) is 0 Å². The Balaban J connectivity index is 1.47. The highest BCUT2D eigenvalue weighted by molar-refractivity contribution is 7.92. The molecule has 1 N–H and O–H groups in total. The molecule has 7 heteroatoms. The van der Waals surface area contributed by atoms with E-state index in [1.54, 1.807) is 54.6 Å². The summed E-state index contributed by atoms with van der Waals surface area (Å²) in [6.07, 6.45) is 0. The number of nitrogens with one attached hydrogen (secondary N) is 1. The second-order valence-electron chi connectivity index (χ2n) is 7.57. The first kappa shape index (κ1) is 20.8. The molecule has 1 aromatic heterocycles. The van der Waals surface area contributed by atoms with Crippen LogP contribution in [0.3, 0.4) is 0 Å². The van der Waals surface area contributed by atoms with Gasteiger partial charge in [0.05, 0.1) is 16.1 Å². The van der Waals surface area contributed by atoms with Gasteiger partial charge in [0.2, 0.25) is 0 Å². The minimum atomic E-state index is -3.83. The molecule has 164 valence electrons. The van der Waals surface area contributed by atoms with Gasteiger partial charge in [-0.1, -0.05) is 48.5 Å². The maximum Gasteiger partial charge on any atom is 0.264 e. The van der Waals surface area contributed by atoms with Gasteiger partial charge < -0.3 is 9.73 Å². The molecule has 0 unspecified atom stereocenters. The van der Waals surface area contributed by atoms with Crippen molar-refractivity contribution in [3.63, 3.8) is 0 Å². The van der Waals surface area contributed by atoms with E-state index in [1.165, 1.54) is 19.2 Å². The largest absolute Gasteiger partial charge is 0.456 e. The number of carbonyl (C=O) groups excluding carboxylic acids is 1. The van der Waals surface area contributed by atoms with Gasteiger partial charge in [-0.3, -0.25) is 9.10 Å². The quantitative estimate of drug-likeness (QED) is 0.370. The summed E-state index contributed by atoms with van der Waals surface area (Å²) in [6.45, 7) is 0. The van der Waals surface area contributed by atoms with Gasteiger partial charge >= 0.3 is 0 Å². The normalized spacial score (nSPS) is 11.5. The number of rotatable bonds is 5. The maximum absolute atomic E-state index is 13.1. The van der Waals surface area contributed by atoms with E-state index in [4.69, 9.17) is 4.42 Å². The second-order valence-corrected chi connectivity index (χ2v) is 9.54. The Kier molecular flexibility index (Phi) is 5.11. The number of amides is 1. The van der Waals surface area contributed by atoms with Gasteiger partial charge in [0.15, 0.2) is 0 Å². The summed E-state index contributed by atoms with van der Waals surface area (Å²) in [4.78, 5) is 13.3. The molecule has 0 aliphatic heterocycles. The van der Waals surface area contributed by atoms with Crippen LogP contribution in [0.25, 0.3) is 21.9 Å². The lowest BCUT2D eigenvalue weighted by molar-refractivity contribution is 0.102. The van der Waals surface area contributed by atoms with E-state index in [0.717, 1.165) is 20.7 Å². The van der Waals surface area contributed by atoms with E-state index < -0.39 is 15.9 Å². The monoisotopic (exact) mass is 456 g/mol. The summed E-state index contributed by atoms with van der Waals surface area (Å²) in [7, 11) is -2.39. The molecule has 5 rings (SSSR count). The van der Waals surface area contributed by atoms with Crippen LogP contribution in [0.5, 0.6) is 0 Å². The lowest BCUT2D eigenvalue weighted by atomic mass is 10.1. The van der Waals surface area contributed by atoms with Crippen LogP contribution >= 0.6 is 0 Å². The van der Waals surface area contributed by atoms with E-state index in [9.17, 15) is 13.2 Å². The topological polar surface area (TPSA) is 79.6 Å². The van der Waals surface area contributed by atoms with Gasteiger partial charge in [-0.2, -0.15) is 0 Å². The zero-order valence-electron chi connectivity index (χ0n) is 17.7.